The Hall–Kier alpha value is -2.07. The van der Waals surface area contributed by atoms with Gasteiger partial charge in [-0.3, -0.25) is 4.79 Å². The van der Waals surface area contributed by atoms with E-state index >= 15 is 0 Å². The molecule has 0 fully saturated rings. The van der Waals surface area contributed by atoms with Crippen LogP contribution in [0.25, 0.3) is 0 Å². The van der Waals surface area contributed by atoms with Crippen LogP contribution in [-0.2, 0) is 6.54 Å². The molecule has 3 nitrogen and oxygen atoms in total. The highest BCUT2D eigenvalue weighted by molar-refractivity contribution is 6.31. The highest BCUT2D eigenvalue weighted by Gasteiger charge is 2.14. The van der Waals surface area contributed by atoms with E-state index in [4.69, 9.17) is 17.3 Å². The van der Waals surface area contributed by atoms with E-state index in [-0.39, 0.29) is 5.91 Å². The third kappa shape index (κ3) is 3.27. The van der Waals surface area contributed by atoms with Gasteiger partial charge in [-0.1, -0.05) is 17.7 Å². The molecule has 104 valence electrons. The monoisotopic (exact) mass is 292 g/mol. The van der Waals surface area contributed by atoms with Crippen molar-refractivity contribution in [3.8, 4) is 0 Å². The minimum atomic E-state index is -0.439. The maximum atomic E-state index is 13.1. The number of hydrogen-bond donors (Lipinski definition) is 1. The number of carbonyl (C=O) groups is 1. The average Bonchev–Trinajstić information content (AvgIpc) is 2.42. The fourth-order valence-electron chi connectivity index (χ4n) is 1.89. The van der Waals surface area contributed by atoms with E-state index in [1.165, 1.54) is 23.1 Å². The van der Waals surface area contributed by atoms with Crippen LogP contribution in [0.2, 0.25) is 5.02 Å². The van der Waals surface area contributed by atoms with Gasteiger partial charge in [0.2, 0.25) is 0 Å². The summed E-state index contributed by atoms with van der Waals surface area (Å²) in [5.74, 6) is -0.714. The second-order valence-electron chi connectivity index (χ2n) is 4.52. The lowest BCUT2D eigenvalue weighted by Gasteiger charge is -2.18. The summed E-state index contributed by atoms with van der Waals surface area (Å²) in [6, 6.07) is 10.7. The molecule has 20 heavy (non-hydrogen) atoms. The summed E-state index contributed by atoms with van der Waals surface area (Å²) in [4.78, 5) is 13.7. The van der Waals surface area contributed by atoms with Crippen LogP contribution in [0.4, 0.5) is 10.1 Å². The lowest BCUT2D eigenvalue weighted by molar-refractivity contribution is 0.0784. The molecule has 2 aromatic rings. The molecule has 0 aliphatic rings. The number of benzene rings is 2. The minimum Gasteiger partial charge on any atom is -0.399 e. The molecule has 0 bridgehead atoms. The van der Waals surface area contributed by atoms with Crippen LogP contribution < -0.4 is 5.73 Å². The minimum absolute atomic E-state index is 0.275. The first kappa shape index (κ1) is 14.3. The number of halogens is 2. The van der Waals surface area contributed by atoms with Crippen molar-refractivity contribution in [2.45, 2.75) is 6.54 Å². The van der Waals surface area contributed by atoms with Gasteiger partial charge in [-0.15, -0.1) is 0 Å². The van der Waals surface area contributed by atoms with Crippen LogP contribution in [0, 0.1) is 5.82 Å². The van der Waals surface area contributed by atoms with Gasteiger partial charge in [0.05, 0.1) is 0 Å². The van der Waals surface area contributed by atoms with Crippen molar-refractivity contribution in [1.82, 2.24) is 4.90 Å². The number of amides is 1. The Labute approximate surface area is 121 Å². The Morgan fingerprint density at radius 2 is 2.05 bits per heavy atom. The molecular weight excluding hydrogens is 279 g/mol. The summed E-state index contributed by atoms with van der Waals surface area (Å²) in [7, 11) is 1.63. The highest BCUT2D eigenvalue weighted by atomic mass is 35.5. The zero-order valence-corrected chi connectivity index (χ0v) is 11.7. The average molecular weight is 293 g/mol. The molecule has 0 aromatic heterocycles. The van der Waals surface area contributed by atoms with Gasteiger partial charge in [-0.25, -0.2) is 4.39 Å². The molecule has 5 heteroatoms. The predicted molar refractivity (Wildman–Crippen MR) is 78.1 cm³/mol. The predicted octanol–water partition coefficient (Wildman–Crippen LogP) is 3.33. The fraction of sp³-hybridized carbons (Fsp3) is 0.133. The maximum absolute atomic E-state index is 13.1. The Morgan fingerprint density at radius 1 is 1.30 bits per heavy atom. The highest BCUT2D eigenvalue weighted by Crippen LogP contribution is 2.21. The smallest absolute Gasteiger partial charge is 0.253 e. The number of nitrogens with zero attached hydrogens (tertiary/aromatic N) is 1. The molecule has 0 unspecified atom stereocenters. The molecular formula is C15H14ClFN2O. The molecule has 2 aromatic carbocycles. The molecule has 0 atom stereocenters. The Kier molecular flexibility index (Phi) is 4.25. The molecule has 0 heterocycles. The lowest BCUT2D eigenvalue weighted by atomic mass is 10.1. The van der Waals surface area contributed by atoms with Crippen LogP contribution in [0.1, 0.15) is 15.9 Å². The summed E-state index contributed by atoms with van der Waals surface area (Å²) < 4.78 is 13.1. The number of anilines is 1. The Balaban J connectivity index is 2.17. The third-order valence-electron chi connectivity index (χ3n) is 2.90. The molecule has 0 saturated heterocycles. The first-order valence-corrected chi connectivity index (χ1v) is 6.40. The van der Waals surface area contributed by atoms with Crippen molar-refractivity contribution in [3.63, 3.8) is 0 Å². The van der Waals surface area contributed by atoms with E-state index in [2.05, 4.69) is 0 Å². The van der Waals surface area contributed by atoms with Crippen LogP contribution in [0.3, 0.4) is 0 Å². The van der Waals surface area contributed by atoms with Crippen molar-refractivity contribution < 1.29 is 9.18 Å². The summed E-state index contributed by atoms with van der Waals surface area (Å²) in [6.07, 6.45) is 0. The number of nitrogen functional groups attached to an aromatic ring is 1. The van der Waals surface area contributed by atoms with Gasteiger partial charge in [-0.2, -0.15) is 0 Å². The summed E-state index contributed by atoms with van der Waals surface area (Å²) in [6.45, 7) is 0.305. The Morgan fingerprint density at radius 3 is 2.75 bits per heavy atom. The van der Waals surface area contributed by atoms with E-state index in [1.54, 1.807) is 31.3 Å². The molecule has 0 spiro atoms. The van der Waals surface area contributed by atoms with Crippen LogP contribution in [0.5, 0.6) is 0 Å². The third-order valence-corrected chi connectivity index (χ3v) is 3.26. The maximum Gasteiger partial charge on any atom is 0.253 e. The molecule has 0 aliphatic heterocycles. The summed E-state index contributed by atoms with van der Waals surface area (Å²) in [5, 5.41) is 0.540. The molecule has 2 N–H and O–H groups in total. The molecule has 0 aliphatic carbocycles. The van der Waals surface area contributed by atoms with Gasteiger partial charge in [0.25, 0.3) is 5.91 Å². The SMILES string of the molecule is CN(Cc1cc(N)ccc1Cl)C(=O)c1cccc(F)c1. The first-order chi connectivity index (χ1) is 9.47. The topological polar surface area (TPSA) is 46.3 Å². The van der Waals surface area contributed by atoms with E-state index in [9.17, 15) is 9.18 Å². The number of nitrogens with two attached hydrogens (primary N) is 1. The van der Waals surface area contributed by atoms with Gasteiger partial charge in [0.15, 0.2) is 0 Å². The lowest BCUT2D eigenvalue weighted by Crippen LogP contribution is -2.26. The van der Waals surface area contributed by atoms with Crippen molar-refractivity contribution in [2.24, 2.45) is 0 Å². The van der Waals surface area contributed by atoms with Crippen molar-refractivity contribution in [1.29, 1.82) is 0 Å². The number of rotatable bonds is 3. The summed E-state index contributed by atoms with van der Waals surface area (Å²) >= 11 is 6.06. The van der Waals surface area contributed by atoms with Gasteiger partial charge in [0, 0.05) is 29.9 Å². The van der Waals surface area contributed by atoms with E-state index in [0.29, 0.717) is 22.8 Å². The van der Waals surface area contributed by atoms with Crippen molar-refractivity contribution in [3.05, 3.63) is 64.4 Å². The second-order valence-corrected chi connectivity index (χ2v) is 4.93. The van der Waals surface area contributed by atoms with Gasteiger partial charge in [-0.05, 0) is 42.0 Å². The second kappa shape index (κ2) is 5.92. The van der Waals surface area contributed by atoms with Crippen molar-refractivity contribution >= 4 is 23.2 Å². The molecule has 0 saturated carbocycles. The van der Waals surface area contributed by atoms with E-state index in [1.807, 2.05) is 0 Å². The standard InChI is InChI=1S/C15H14ClFN2O/c1-19(9-11-8-13(18)5-6-14(11)16)15(20)10-3-2-4-12(17)7-10/h2-8H,9,18H2,1H3. The van der Waals surface area contributed by atoms with Crippen molar-refractivity contribution in [2.75, 3.05) is 12.8 Å². The Bertz CT molecular complexity index is 646. The largest absolute Gasteiger partial charge is 0.399 e. The summed E-state index contributed by atoms with van der Waals surface area (Å²) in [5.41, 5.74) is 7.33. The first-order valence-electron chi connectivity index (χ1n) is 6.02. The number of carbonyl (C=O) groups excluding carboxylic acids is 1. The van der Waals surface area contributed by atoms with E-state index in [0.717, 1.165) is 5.56 Å². The fourth-order valence-corrected chi connectivity index (χ4v) is 2.06. The van der Waals surface area contributed by atoms with Crippen LogP contribution in [0.15, 0.2) is 42.5 Å². The van der Waals surface area contributed by atoms with Crippen LogP contribution in [-0.4, -0.2) is 17.9 Å². The quantitative estimate of drug-likeness (QED) is 0.882. The molecule has 2 rings (SSSR count). The van der Waals surface area contributed by atoms with E-state index < -0.39 is 5.82 Å². The zero-order chi connectivity index (χ0) is 14.7. The van der Waals surface area contributed by atoms with Gasteiger partial charge >= 0.3 is 0 Å². The number of hydrogen-bond acceptors (Lipinski definition) is 2. The zero-order valence-electron chi connectivity index (χ0n) is 10.9. The molecule has 1 amide bonds. The molecule has 0 radical (unpaired) electrons. The van der Waals surface area contributed by atoms with Crippen LogP contribution >= 0.6 is 11.6 Å². The van der Waals surface area contributed by atoms with Gasteiger partial charge in [0.1, 0.15) is 5.82 Å². The normalized spacial score (nSPS) is 10.3. The van der Waals surface area contributed by atoms with Gasteiger partial charge < -0.3 is 10.6 Å².